The highest BCUT2D eigenvalue weighted by Gasteiger charge is 2.20. The number of thiophene rings is 1. The summed E-state index contributed by atoms with van der Waals surface area (Å²) in [5, 5.41) is 13.5. The standard InChI is InChI=1S/C55H35NS/c1-3-41-49-29-30-56-54(55(49)57-51(41)4-2)48-28-27-42(43-17-9-10-18-44(43)48)38-25-26-47-50(33-38)53(40-24-22-35-14-6-8-16-37(35)32-40)46-20-12-11-19-45(46)52(47)39-23-21-34-13-5-7-15-36(34)31-39/h3-33H,1-2H2. The minimum Gasteiger partial charge on any atom is -0.255 e. The van der Waals surface area contributed by atoms with E-state index in [1.165, 1.54) is 87.2 Å². The van der Waals surface area contributed by atoms with E-state index < -0.39 is 0 Å². The molecule has 0 spiro atoms. The van der Waals surface area contributed by atoms with E-state index in [2.05, 4.69) is 183 Å². The maximum Gasteiger partial charge on any atom is 0.0886 e. The molecule has 9 aromatic carbocycles. The van der Waals surface area contributed by atoms with Crippen LogP contribution in [-0.4, -0.2) is 4.98 Å². The minimum absolute atomic E-state index is 0.986. The predicted molar refractivity (Wildman–Crippen MR) is 249 cm³/mol. The molecular formula is C55H35NS. The largest absolute Gasteiger partial charge is 0.255 e. The van der Waals surface area contributed by atoms with Gasteiger partial charge < -0.3 is 0 Å². The van der Waals surface area contributed by atoms with Crippen molar-refractivity contribution in [3.63, 3.8) is 0 Å². The zero-order chi connectivity index (χ0) is 38.0. The molecule has 1 nitrogen and oxygen atoms in total. The topological polar surface area (TPSA) is 12.9 Å². The molecule has 0 fully saturated rings. The van der Waals surface area contributed by atoms with Crippen molar-refractivity contribution in [2.45, 2.75) is 0 Å². The third-order valence-electron chi connectivity index (χ3n) is 11.7. The van der Waals surface area contributed by atoms with Gasteiger partial charge in [-0.3, -0.25) is 4.98 Å². The molecule has 0 unspecified atom stereocenters. The van der Waals surface area contributed by atoms with Crippen LogP contribution in [0.3, 0.4) is 0 Å². The van der Waals surface area contributed by atoms with Gasteiger partial charge in [0.1, 0.15) is 0 Å². The number of benzene rings is 9. The van der Waals surface area contributed by atoms with Crippen LogP contribution in [0.1, 0.15) is 10.4 Å². The van der Waals surface area contributed by atoms with Gasteiger partial charge >= 0.3 is 0 Å². The highest BCUT2D eigenvalue weighted by atomic mass is 32.1. The summed E-state index contributed by atoms with van der Waals surface area (Å²) in [6.07, 6.45) is 5.77. The lowest BCUT2D eigenvalue weighted by atomic mass is 9.83. The first-order valence-electron chi connectivity index (χ1n) is 19.3. The van der Waals surface area contributed by atoms with Crippen LogP contribution in [0.2, 0.25) is 0 Å². The van der Waals surface area contributed by atoms with Crippen LogP contribution in [0.4, 0.5) is 0 Å². The Hall–Kier alpha value is -7.13. The molecule has 0 amide bonds. The summed E-state index contributed by atoms with van der Waals surface area (Å²) in [5.41, 5.74) is 10.5. The molecule has 57 heavy (non-hydrogen) atoms. The molecule has 11 rings (SSSR count). The molecule has 0 aliphatic heterocycles. The summed E-state index contributed by atoms with van der Waals surface area (Å²) in [6, 6.07) is 62.6. The number of aromatic nitrogens is 1. The van der Waals surface area contributed by atoms with Gasteiger partial charge in [-0.15, -0.1) is 11.3 Å². The Balaban J connectivity index is 1.19. The second kappa shape index (κ2) is 13.3. The first-order chi connectivity index (χ1) is 28.2. The fourth-order valence-corrected chi connectivity index (χ4v) is 10.2. The Kier molecular flexibility index (Phi) is 7.73. The smallest absolute Gasteiger partial charge is 0.0886 e. The second-order valence-electron chi connectivity index (χ2n) is 14.7. The fourth-order valence-electron chi connectivity index (χ4n) is 9.03. The third kappa shape index (κ3) is 5.26. The molecule has 2 heteroatoms. The molecule has 0 saturated heterocycles. The van der Waals surface area contributed by atoms with E-state index in [4.69, 9.17) is 4.98 Å². The molecule has 2 heterocycles. The van der Waals surface area contributed by atoms with Crippen LogP contribution in [0.15, 0.2) is 189 Å². The normalized spacial score (nSPS) is 11.6. The molecule has 11 aromatic rings. The van der Waals surface area contributed by atoms with Gasteiger partial charge in [0.15, 0.2) is 0 Å². The van der Waals surface area contributed by atoms with E-state index in [-0.39, 0.29) is 0 Å². The zero-order valence-corrected chi connectivity index (χ0v) is 32.0. The third-order valence-corrected chi connectivity index (χ3v) is 12.9. The molecule has 266 valence electrons. The fraction of sp³-hybridized carbons (Fsp3) is 0. The summed E-state index contributed by atoms with van der Waals surface area (Å²) in [7, 11) is 0. The van der Waals surface area contributed by atoms with Crippen LogP contribution >= 0.6 is 11.3 Å². The van der Waals surface area contributed by atoms with Crippen molar-refractivity contribution in [2.75, 3.05) is 0 Å². The van der Waals surface area contributed by atoms with E-state index in [1.807, 2.05) is 18.3 Å². The Labute approximate surface area is 335 Å². The zero-order valence-electron chi connectivity index (χ0n) is 31.2. The van der Waals surface area contributed by atoms with Gasteiger partial charge in [-0.1, -0.05) is 171 Å². The van der Waals surface area contributed by atoms with E-state index in [1.54, 1.807) is 11.3 Å². The molecule has 2 aromatic heterocycles. The Bertz CT molecular complexity index is 3460. The summed E-state index contributed by atoms with van der Waals surface area (Å²) >= 11 is 1.73. The maximum atomic E-state index is 4.99. The van der Waals surface area contributed by atoms with Crippen molar-refractivity contribution in [2.24, 2.45) is 0 Å². The summed E-state index contributed by atoms with van der Waals surface area (Å²) in [4.78, 5) is 6.10. The molecule has 0 saturated carbocycles. The first kappa shape index (κ1) is 33.2. The number of nitrogens with zero attached hydrogens (tertiary/aromatic N) is 1. The van der Waals surface area contributed by atoms with Crippen LogP contribution < -0.4 is 0 Å². The van der Waals surface area contributed by atoms with Gasteiger partial charge in [-0.2, -0.15) is 0 Å². The van der Waals surface area contributed by atoms with Gasteiger partial charge in [0.05, 0.1) is 10.4 Å². The second-order valence-corrected chi connectivity index (χ2v) is 15.8. The van der Waals surface area contributed by atoms with Gasteiger partial charge in [0, 0.05) is 22.0 Å². The van der Waals surface area contributed by atoms with Crippen LogP contribution in [0.25, 0.3) is 121 Å². The van der Waals surface area contributed by atoms with Crippen molar-refractivity contribution < 1.29 is 0 Å². The average Bonchev–Trinajstić information content (AvgIpc) is 3.65. The number of rotatable bonds is 6. The number of hydrogen-bond acceptors (Lipinski definition) is 2. The van der Waals surface area contributed by atoms with E-state index >= 15 is 0 Å². The molecule has 0 aliphatic rings. The van der Waals surface area contributed by atoms with Gasteiger partial charge in [-0.05, 0) is 117 Å². The molecule has 0 radical (unpaired) electrons. The van der Waals surface area contributed by atoms with Crippen molar-refractivity contribution >= 4 is 87.4 Å². The Morgan fingerprint density at radius 2 is 0.930 bits per heavy atom. The molecule has 0 aliphatic carbocycles. The SMILES string of the molecule is C=Cc1sc2c(-c3ccc(-c4ccc5c(-c6ccc7ccccc7c6)c6ccccc6c(-c6ccc7ccccc7c6)c5c4)c4ccccc34)nccc2c1C=C. The van der Waals surface area contributed by atoms with E-state index in [0.29, 0.717) is 0 Å². The summed E-state index contributed by atoms with van der Waals surface area (Å²) in [6.45, 7) is 8.20. The Morgan fingerprint density at radius 3 is 1.56 bits per heavy atom. The molecule has 0 bridgehead atoms. The van der Waals surface area contributed by atoms with Crippen molar-refractivity contribution in [1.82, 2.24) is 4.98 Å². The van der Waals surface area contributed by atoms with Crippen LogP contribution in [0, 0.1) is 0 Å². The highest BCUT2D eigenvalue weighted by Crippen LogP contribution is 2.47. The number of fused-ring (bicyclic) bond motifs is 6. The van der Waals surface area contributed by atoms with Crippen molar-refractivity contribution in [1.29, 1.82) is 0 Å². The van der Waals surface area contributed by atoms with E-state index in [0.717, 1.165) is 31.8 Å². The predicted octanol–water partition coefficient (Wildman–Crippen LogP) is 16.0. The minimum atomic E-state index is 0.986. The summed E-state index contributed by atoms with van der Waals surface area (Å²) in [5.74, 6) is 0. The van der Waals surface area contributed by atoms with Gasteiger partial charge in [0.2, 0.25) is 0 Å². The molecule has 0 atom stereocenters. The quantitative estimate of drug-likeness (QED) is 0.155. The van der Waals surface area contributed by atoms with Gasteiger partial charge in [0.25, 0.3) is 0 Å². The average molecular weight is 742 g/mol. The lowest BCUT2D eigenvalue weighted by molar-refractivity contribution is 1.37. The van der Waals surface area contributed by atoms with Crippen LogP contribution in [-0.2, 0) is 0 Å². The lowest BCUT2D eigenvalue weighted by Crippen LogP contribution is -1.93. The maximum absolute atomic E-state index is 4.99. The monoisotopic (exact) mass is 741 g/mol. The summed E-state index contributed by atoms with van der Waals surface area (Å²) < 4.78 is 1.15. The number of hydrogen-bond donors (Lipinski definition) is 0. The van der Waals surface area contributed by atoms with E-state index in [9.17, 15) is 0 Å². The van der Waals surface area contributed by atoms with Gasteiger partial charge in [-0.25, -0.2) is 0 Å². The lowest BCUT2D eigenvalue weighted by Gasteiger charge is -2.20. The first-order valence-corrected chi connectivity index (χ1v) is 20.2. The Morgan fingerprint density at radius 1 is 0.404 bits per heavy atom. The van der Waals surface area contributed by atoms with Crippen LogP contribution in [0.5, 0.6) is 0 Å². The molecular weight excluding hydrogens is 707 g/mol. The van der Waals surface area contributed by atoms with Crippen molar-refractivity contribution in [3.05, 3.63) is 200 Å². The number of pyridine rings is 1. The molecule has 0 N–H and O–H groups in total. The highest BCUT2D eigenvalue weighted by molar-refractivity contribution is 7.20. The van der Waals surface area contributed by atoms with Crippen molar-refractivity contribution in [3.8, 4) is 44.6 Å².